The van der Waals surface area contributed by atoms with Gasteiger partial charge in [-0.15, -0.1) is 0 Å². The molecule has 4 heteroatoms. The third-order valence-electron chi connectivity index (χ3n) is 1.31. The molecule has 0 aliphatic rings. The van der Waals surface area contributed by atoms with Crippen LogP contribution in [-0.4, -0.2) is 39.8 Å². The molecule has 0 rings (SSSR count). The van der Waals surface area contributed by atoms with Crippen LogP contribution in [-0.2, 0) is 0 Å². The van der Waals surface area contributed by atoms with Gasteiger partial charge in [0.1, 0.15) is 18.4 Å². The van der Waals surface area contributed by atoms with E-state index in [9.17, 15) is 4.39 Å². The van der Waals surface area contributed by atoms with Gasteiger partial charge < -0.3 is 15.3 Å². The molecule has 0 unspecified atom stereocenters. The van der Waals surface area contributed by atoms with Crippen LogP contribution in [0.15, 0.2) is 0 Å². The Morgan fingerprint density at radius 2 is 1.40 bits per heavy atom. The first-order chi connectivity index (χ1) is 4.46. The molecule has 0 spiro atoms. The van der Waals surface area contributed by atoms with Crippen molar-refractivity contribution in [3.05, 3.63) is 0 Å². The van der Waals surface area contributed by atoms with Crippen molar-refractivity contribution in [3.63, 3.8) is 0 Å². The first kappa shape index (κ1) is 9.81. The molecule has 3 nitrogen and oxygen atoms in total. The molecule has 0 saturated carbocycles. The molecule has 0 aromatic carbocycles. The van der Waals surface area contributed by atoms with Crippen LogP contribution in [0.3, 0.4) is 0 Å². The Balaban J connectivity index is 3.81. The van der Waals surface area contributed by atoms with Gasteiger partial charge in [-0.2, -0.15) is 0 Å². The standard InChI is InChI=1S/C6H13FO3/c1-3(7)5(9)6(10)4(2)8/h3-6,8-10H,1-2H3/t3-,4-,5-,6+/m0/s1. The van der Waals surface area contributed by atoms with Crippen LogP contribution in [0, 0.1) is 0 Å². The lowest BCUT2D eigenvalue weighted by Crippen LogP contribution is -2.40. The van der Waals surface area contributed by atoms with Crippen molar-refractivity contribution in [1.82, 2.24) is 0 Å². The van der Waals surface area contributed by atoms with E-state index in [2.05, 4.69) is 0 Å². The molecule has 0 aliphatic carbocycles. The number of alkyl halides is 1. The van der Waals surface area contributed by atoms with Crippen LogP contribution in [0.25, 0.3) is 0 Å². The van der Waals surface area contributed by atoms with Crippen molar-refractivity contribution in [2.75, 3.05) is 0 Å². The summed E-state index contributed by atoms with van der Waals surface area (Å²) < 4.78 is 12.2. The van der Waals surface area contributed by atoms with E-state index in [1.165, 1.54) is 6.92 Å². The summed E-state index contributed by atoms with van der Waals surface area (Å²) in [5.41, 5.74) is 0. The summed E-state index contributed by atoms with van der Waals surface area (Å²) in [6.45, 7) is 2.41. The lowest BCUT2D eigenvalue weighted by Gasteiger charge is -2.20. The Morgan fingerprint density at radius 1 is 1.00 bits per heavy atom. The predicted octanol–water partition coefficient (Wildman–Crippen LogP) is -0.553. The minimum atomic E-state index is -1.52. The second kappa shape index (κ2) is 3.85. The van der Waals surface area contributed by atoms with E-state index < -0.39 is 24.5 Å². The number of rotatable bonds is 3. The van der Waals surface area contributed by atoms with Crippen molar-refractivity contribution in [2.24, 2.45) is 0 Å². The van der Waals surface area contributed by atoms with Crippen LogP contribution >= 0.6 is 0 Å². The summed E-state index contributed by atoms with van der Waals surface area (Å²) in [5.74, 6) is 0. The van der Waals surface area contributed by atoms with Crippen LogP contribution in [0.2, 0.25) is 0 Å². The largest absolute Gasteiger partial charge is 0.391 e. The average molecular weight is 152 g/mol. The summed E-state index contributed by atoms with van der Waals surface area (Å²) >= 11 is 0. The highest BCUT2D eigenvalue weighted by molar-refractivity contribution is 4.75. The molecule has 3 N–H and O–H groups in total. The van der Waals surface area contributed by atoms with E-state index in [0.717, 1.165) is 6.92 Å². The summed E-state index contributed by atoms with van der Waals surface area (Å²) in [7, 11) is 0. The number of aliphatic hydroxyl groups excluding tert-OH is 3. The van der Waals surface area contributed by atoms with Crippen LogP contribution in [0.4, 0.5) is 4.39 Å². The van der Waals surface area contributed by atoms with Crippen LogP contribution in [0.5, 0.6) is 0 Å². The van der Waals surface area contributed by atoms with Crippen molar-refractivity contribution < 1.29 is 19.7 Å². The van der Waals surface area contributed by atoms with Gasteiger partial charge in [0.15, 0.2) is 0 Å². The number of halogens is 1. The lowest BCUT2D eigenvalue weighted by molar-refractivity contribution is -0.0771. The molecule has 0 bridgehead atoms. The van der Waals surface area contributed by atoms with Crippen molar-refractivity contribution in [1.29, 1.82) is 0 Å². The second-order valence-electron chi connectivity index (χ2n) is 2.40. The summed E-state index contributed by atoms with van der Waals surface area (Å²) in [6.07, 6.45) is -5.53. The minimum Gasteiger partial charge on any atom is -0.391 e. The maximum Gasteiger partial charge on any atom is 0.126 e. The molecule has 0 heterocycles. The van der Waals surface area contributed by atoms with Gasteiger partial charge in [0, 0.05) is 0 Å². The molecule has 0 aromatic heterocycles. The molecule has 62 valence electrons. The zero-order chi connectivity index (χ0) is 8.31. The third-order valence-corrected chi connectivity index (χ3v) is 1.31. The van der Waals surface area contributed by atoms with E-state index in [1.54, 1.807) is 0 Å². The predicted molar refractivity (Wildman–Crippen MR) is 34.3 cm³/mol. The molecule has 4 atom stereocenters. The minimum absolute atomic E-state index is 1.10. The fraction of sp³-hybridized carbons (Fsp3) is 1.00. The summed E-state index contributed by atoms with van der Waals surface area (Å²) in [6, 6.07) is 0. The highest BCUT2D eigenvalue weighted by atomic mass is 19.1. The van der Waals surface area contributed by atoms with E-state index in [-0.39, 0.29) is 0 Å². The second-order valence-corrected chi connectivity index (χ2v) is 2.40. The molecule has 0 aliphatic heterocycles. The zero-order valence-electron chi connectivity index (χ0n) is 6.03. The zero-order valence-corrected chi connectivity index (χ0v) is 6.03. The molecule has 10 heavy (non-hydrogen) atoms. The third kappa shape index (κ3) is 2.60. The molecular formula is C6H13FO3. The fourth-order valence-corrected chi connectivity index (χ4v) is 0.557. The highest BCUT2D eigenvalue weighted by Crippen LogP contribution is 2.06. The van der Waals surface area contributed by atoms with E-state index >= 15 is 0 Å². The quantitative estimate of drug-likeness (QED) is 0.508. The normalized spacial score (nSPS) is 23.4. The Kier molecular flexibility index (Phi) is 3.78. The molecule has 0 saturated heterocycles. The Morgan fingerprint density at radius 3 is 1.50 bits per heavy atom. The van der Waals surface area contributed by atoms with Gasteiger partial charge in [-0.3, -0.25) is 0 Å². The molecule has 0 fully saturated rings. The van der Waals surface area contributed by atoms with Gasteiger partial charge in [0.05, 0.1) is 6.10 Å². The smallest absolute Gasteiger partial charge is 0.126 e. The molecule has 0 amide bonds. The van der Waals surface area contributed by atoms with Crippen molar-refractivity contribution >= 4 is 0 Å². The Hall–Kier alpha value is -0.190. The van der Waals surface area contributed by atoms with E-state index in [1.807, 2.05) is 0 Å². The first-order valence-corrected chi connectivity index (χ1v) is 3.15. The van der Waals surface area contributed by atoms with E-state index in [0.29, 0.717) is 0 Å². The number of hydrogen-bond acceptors (Lipinski definition) is 3. The first-order valence-electron chi connectivity index (χ1n) is 3.15. The van der Waals surface area contributed by atoms with Gasteiger partial charge >= 0.3 is 0 Å². The van der Waals surface area contributed by atoms with Crippen LogP contribution < -0.4 is 0 Å². The Bertz CT molecular complexity index is 83.0. The van der Waals surface area contributed by atoms with Gasteiger partial charge in [0.2, 0.25) is 0 Å². The van der Waals surface area contributed by atoms with Crippen molar-refractivity contribution in [2.45, 2.75) is 38.3 Å². The lowest BCUT2D eigenvalue weighted by atomic mass is 10.1. The van der Waals surface area contributed by atoms with Crippen LogP contribution in [0.1, 0.15) is 13.8 Å². The monoisotopic (exact) mass is 152 g/mol. The highest BCUT2D eigenvalue weighted by Gasteiger charge is 2.25. The maximum absolute atomic E-state index is 12.2. The molecular weight excluding hydrogens is 139 g/mol. The Labute approximate surface area is 59.1 Å². The van der Waals surface area contributed by atoms with Gasteiger partial charge in [-0.05, 0) is 13.8 Å². The van der Waals surface area contributed by atoms with Gasteiger partial charge in [-0.25, -0.2) is 4.39 Å². The fourth-order valence-electron chi connectivity index (χ4n) is 0.557. The number of aliphatic hydroxyl groups is 3. The summed E-state index contributed by atoms with van der Waals surface area (Å²) in [5, 5.41) is 26.3. The van der Waals surface area contributed by atoms with Crippen molar-refractivity contribution in [3.8, 4) is 0 Å². The van der Waals surface area contributed by atoms with Gasteiger partial charge in [0.25, 0.3) is 0 Å². The van der Waals surface area contributed by atoms with Gasteiger partial charge in [-0.1, -0.05) is 0 Å². The maximum atomic E-state index is 12.2. The SMILES string of the molecule is C[C@H](O)[C@@H](O)[C@@H](O)[C@H](C)F. The van der Waals surface area contributed by atoms with E-state index in [4.69, 9.17) is 15.3 Å². The topological polar surface area (TPSA) is 60.7 Å². The average Bonchev–Trinajstić information content (AvgIpc) is 1.84. The summed E-state index contributed by atoms with van der Waals surface area (Å²) in [4.78, 5) is 0. The molecule has 0 radical (unpaired) electrons. The molecule has 0 aromatic rings. The number of hydrogen-bond donors (Lipinski definition) is 3.